The standard InChI is InChI=1S/C18H13BrF8N2O2/c1-30-14-7-12(19)6-11(15(14)31-9-10-2-4-13(20)5-3-10)8-28-29-18(26,27)16(21,22)17(23,24)25/h2-8,29H,9H2,1H3/b28-8-. The molecule has 0 spiro atoms. The van der Waals surface area contributed by atoms with E-state index in [0.717, 1.165) is 0 Å². The van der Waals surface area contributed by atoms with Gasteiger partial charge < -0.3 is 9.47 Å². The second-order valence-electron chi connectivity index (χ2n) is 5.96. The molecule has 0 aliphatic carbocycles. The predicted molar refractivity (Wildman–Crippen MR) is 98.1 cm³/mol. The van der Waals surface area contributed by atoms with Crippen LogP contribution in [0.2, 0.25) is 0 Å². The van der Waals surface area contributed by atoms with Crippen LogP contribution in [-0.2, 0) is 6.61 Å². The number of halogens is 9. The molecule has 0 heterocycles. The quantitative estimate of drug-likeness (QED) is 0.204. The predicted octanol–water partition coefficient (Wildman–Crippen LogP) is 5.89. The Morgan fingerprint density at radius 3 is 2.19 bits per heavy atom. The van der Waals surface area contributed by atoms with Gasteiger partial charge in [-0.2, -0.15) is 35.8 Å². The lowest BCUT2D eigenvalue weighted by atomic mass is 10.2. The topological polar surface area (TPSA) is 42.8 Å². The molecule has 2 aromatic rings. The van der Waals surface area contributed by atoms with Gasteiger partial charge in [-0.25, -0.2) is 9.82 Å². The largest absolute Gasteiger partial charge is 0.493 e. The van der Waals surface area contributed by atoms with Gasteiger partial charge >= 0.3 is 18.1 Å². The van der Waals surface area contributed by atoms with Crippen molar-refractivity contribution in [2.24, 2.45) is 5.10 Å². The van der Waals surface area contributed by atoms with Crippen molar-refractivity contribution in [1.82, 2.24) is 5.43 Å². The number of nitrogens with one attached hydrogen (secondary N) is 1. The first-order chi connectivity index (χ1) is 14.3. The van der Waals surface area contributed by atoms with Gasteiger partial charge in [0.25, 0.3) is 0 Å². The Morgan fingerprint density at radius 2 is 1.65 bits per heavy atom. The molecule has 0 saturated heterocycles. The van der Waals surface area contributed by atoms with E-state index in [4.69, 9.17) is 9.47 Å². The van der Waals surface area contributed by atoms with Crippen LogP contribution in [0, 0.1) is 5.82 Å². The summed E-state index contributed by atoms with van der Waals surface area (Å²) < 4.78 is 113. The molecule has 0 radical (unpaired) electrons. The van der Waals surface area contributed by atoms with Gasteiger partial charge in [-0.05, 0) is 29.8 Å². The zero-order valence-corrected chi connectivity index (χ0v) is 17.0. The monoisotopic (exact) mass is 520 g/mol. The van der Waals surface area contributed by atoms with E-state index in [-0.39, 0.29) is 23.7 Å². The van der Waals surface area contributed by atoms with Gasteiger partial charge in [-0.1, -0.05) is 28.1 Å². The Balaban J connectivity index is 2.28. The van der Waals surface area contributed by atoms with Crippen LogP contribution in [-0.4, -0.2) is 31.5 Å². The Morgan fingerprint density at radius 1 is 1.03 bits per heavy atom. The van der Waals surface area contributed by atoms with Crippen LogP contribution in [0.1, 0.15) is 11.1 Å². The fraction of sp³-hybridized carbons (Fsp3) is 0.278. The number of benzene rings is 2. The van der Waals surface area contributed by atoms with Gasteiger partial charge in [0, 0.05) is 10.0 Å². The molecule has 2 aromatic carbocycles. The minimum atomic E-state index is -6.50. The highest BCUT2D eigenvalue weighted by Crippen LogP contribution is 2.45. The molecular formula is C18H13BrF8N2O2. The number of hydrogen-bond donors (Lipinski definition) is 1. The molecule has 170 valence electrons. The molecule has 0 bridgehead atoms. The van der Waals surface area contributed by atoms with Crippen LogP contribution in [0.5, 0.6) is 11.5 Å². The molecule has 0 aliphatic heterocycles. The van der Waals surface area contributed by atoms with Crippen molar-refractivity contribution < 1.29 is 44.6 Å². The van der Waals surface area contributed by atoms with Crippen LogP contribution >= 0.6 is 15.9 Å². The van der Waals surface area contributed by atoms with Gasteiger partial charge in [0.2, 0.25) is 0 Å². The molecule has 0 fully saturated rings. The second kappa shape index (κ2) is 9.28. The molecule has 31 heavy (non-hydrogen) atoms. The van der Waals surface area contributed by atoms with Crippen molar-refractivity contribution in [2.75, 3.05) is 7.11 Å². The zero-order valence-electron chi connectivity index (χ0n) is 15.4. The number of nitrogens with zero attached hydrogens (tertiary/aromatic N) is 1. The fourth-order valence-electron chi connectivity index (χ4n) is 2.16. The van der Waals surface area contributed by atoms with Gasteiger partial charge in [0.1, 0.15) is 12.4 Å². The molecule has 4 nitrogen and oxygen atoms in total. The summed E-state index contributed by atoms with van der Waals surface area (Å²) in [7, 11) is 1.25. The maximum atomic E-state index is 13.3. The number of ether oxygens (including phenoxy) is 2. The normalized spacial score (nSPS) is 12.8. The minimum Gasteiger partial charge on any atom is -0.493 e. The summed E-state index contributed by atoms with van der Waals surface area (Å²) in [4.78, 5) is 0. The van der Waals surface area contributed by atoms with Crippen molar-refractivity contribution in [2.45, 2.75) is 24.8 Å². The smallest absolute Gasteiger partial charge is 0.462 e. The molecule has 2 rings (SSSR count). The summed E-state index contributed by atoms with van der Waals surface area (Å²) in [6.45, 7) is -0.130. The first kappa shape index (κ1) is 24.7. The van der Waals surface area contributed by atoms with E-state index >= 15 is 0 Å². The van der Waals surface area contributed by atoms with E-state index in [1.54, 1.807) is 0 Å². The van der Waals surface area contributed by atoms with E-state index in [2.05, 4.69) is 21.0 Å². The number of hydrogen-bond acceptors (Lipinski definition) is 4. The molecule has 1 N–H and O–H groups in total. The molecule has 0 amide bonds. The molecule has 0 unspecified atom stereocenters. The van der Waals surface area contributed by atoms with E-state index in [9.17, 15) is 35.1 Å². The number of rotatable bonds is 8. The number of alkyl halides is 7. The molecular weight excluding hydrogens is 508 g/mol. The second-order valence-corrected chi connectivity index (χ2v) is 6.87. The van der Waals surface area contributed by atoms with Gasteiger partial charge in [-0.15, -0.1) is 0 Å². The third kappa shape index (κ3) is 5.77. The van der Waals surface area contributed by atoms with E-state index in [0.29, 0.717) is 21.7 Å². The lowest BCUT2D eigenvalue weighted by Gasteiger charge is -2.27. The average molecular weight is 521 g/mol. The van der Waals surface area contributed by atoms with E-state index in [1.165, 1.54) is 43.5 Å². The summed E-state index contributed by atoms with van der Waals surface area (Å²) in [5.41, 5.74) is 0.958. The van der Waals surface area contributed by atoms with Crippen LogP contribution in [0.3, 0.4) is 0 Å². The summed E-state index contributed by atoms with van der Waals surface area (Å²) in [6, 6.07) is 2.16. The van der Waals surface area contributed by atoms with Crippen molar-refractivity contribution in [3.05, 3.63) is 57.8 Å². The summed E-state index contributed by atoms with van der Waals surface area (Å²) >= 11 is 3.11. The Kier molecular flexibility index (Phi) is 7.40. The molecule has 0 atom stereocenters. The van der Waals surface area contributed by atoms with Gasteiger partial charge in [0.05, 0.1) is 13.3 Å². The third-order valence-electron chi connectivity index (χ3n) is 3.72. The van der Waals surface area contributed by atoms with Crippen molar-refractivity contribution in [3.63, 3.8) is 0 Å². The van der Waals surface area contributed by atoms with E-state index < -0.39 is 24.0 Å². The van der Waals surface area contributed by atoms with Crippen molar-refractivity contribution >= 4 is 22.1 Å². The van der Waals surface area contributed by atoms with Crippen LogP contribution in [0.15, 0.2) is 46.0 Å². The van der Waals surface area contributed by atoms with Crippen molar-refractivity contribution in [3.8, 4) is 11.5 Å². The maximum absolute atomic E-state index is 13.3. The Labute approximate surface area is 179 Å². The maximum Gasteiger partial charge on any atom is 0.462 e. The SMILES string of the molecule is COc1cc(Br)cc(/C=N\NC(F)(F)C(F)(F)C(F)(F)F)c1OCc1ccc(F)cc1. The van der Waals surface area contributed by atoms with Gasteiger partial charge in [0.15, 0.2) is 11.5 Å². The first-order valence-electron chi connectivity index (χ1n) is 8.16. The molecule has 13 heteroatoms. The fourth-order valence-corrected chi connectivity index (χ4v) is 2.61. The zero-order chi connectivity index (χ0) is 23.4. The number of hydrazone groups is 1. The van der Waals surface area contributed by atoms with Crippen LogP contribution < -0.4 is 14.9 Å². The highest BCUT2D eigenvalue weighted by Gasteiger charge is 2.73. The lowest BCUT2D eigenvalue weighted by molar-refractivity contribution is -0.361. The molecule has 0 aromatic heterocycles. The lowest BCUT2D eigenvalue weighted by Crippen LogP contribution is -2.58. The summed E-state index contributed by atoms with van der Waals surface area (Å²) in [5.74, 6) is -6.86. The average Bonchev–Trinajstić information content (AvgIpc) is 2.66. The third-order valence-corrected chi connectivity index (χ3v) is 4.18. The first-order valence-corrected chi connectivity index (χ1v) is 8.95. The van der Waals surface area contributed by atoms with E-state index in [1.807, 2.05) is 0 Å². The van der Waals surface area contributed by atoms with Gasteiger partial charge in [-0.3, -0.25) is 0 Å². The number of methoxy groups -OCH3 is 1. The van der Waals surface area contributed by atoms with Crippen LogP contribution in [0.25, 0.3) is 0 Å². The summed E-state index contributed by atoms with van der Waals surface area (Å²) in [6.07, 6.45) is -5.94. The molecule has 0 aliphatic rings. The van der Waals surface area contributed by atoms with Crippen LogP contribution in [0.4, 0.5) is 35.1 Å². The minimum absolute atomic E-state index is 0.0744. The van der Waals surface area contributed by atoms with Crippen molar-refractivity contribution in [1.29, 1.82) is 0 Å². The Hall–Kier alpha value is -2.57. The Bertz CT molecular complexity index is 933. The summed E-state index contributed by atoms with van der Waals surface area (Å²) in [5, 5.41) is 2.83. The highest BCUT2D eigenvalue weighted by molar-refractivity contribution is 9.10. The molecule has 0 saturated carbocycles. The highest BCUT2D eigenvalue weighted by atomic mass is 79.9.